The summed E-state index contributed by atoms with van der Waals surface area (Å²) in [4.78, 5) is 12.4. The number of ether oxygens (including phenoxy) is 1. The van der Waals surface area contributed by atoms with E-state index in [0.717, 1.165) is 0 Å². The number of benzene rings is 1. The lowest BCUT2D eigenvalue weighted by Crippen LogP contribution is -2.34. The highest BCUT2D eigenvalue weighted by Crippen LogP contribution is 2.19. The van der Waals surface area contributed by atoms with Gasteiger partial charge < -0.3 is 10.1 Å². The molecule has 1 aliphatic heterocycles. The van der Waals surface area contributed by atoms with Gasteiger partial charge in [-0.3, -0.25) is 4.79 Å². The van der Waals surface area contributed by atoms with Crippen molar-refractivity contribution in [1.82, 2.24) is 9.62 Å². The number of sulfonamides is 1. The molecule has 1 amide bonds. The van der Waals surface area contributed by atoms with E-state index in [1.807, 2.05) is 0 Å². The minimum atomic E-state index is -3.52. The van der Waals surface area contributed by atoms with Crippen LogP contribution in [0.5, 0.6) is 0 Å². The first-order valence-electron chi connectivity index (χ1n) is 7.29. The third kappa shape index (κ3) is 3.85. The van der Waals surface area contributed by atoms with Crippen LogP contribution in [0.15, 0.2) is 29.2 Å². The van der Waals surface area contributed by atoms with E-state index in [0.29, 0.717) is 31.6 Å². The molecule has 0 saturated carbocycles. The van der Waals surface area contributed by atoms with E-state index in [4.69, 9.17) is 4.74 Å². The second-order valence-corrected chi connectivity index (χ2v) is 7.62. The van der Waals surface area contributed by atoms with Gasteiger partial charge in [-0.15, -0.1) is 0 Å². The highest BCUT2D eigenvalue weighted by molar-refractivity contribution is 7.89. The third-order valence-electron chi connectivity index (χ3n) is 3.78. The van der Waals surface area contributed by atoms with Gasteiger partial charge in [0.15, 0.2) is 0 Å². The van der Waals surface area contributed by atoms with Crippen LogP contribution >= 0.6 is 0 Å². The van der Waals surface area contributed by atoms with Gasteiger partial charge in [0.1, 0.15) is 0 Å². The minimum absolute atomic E-state index is 0.0413. The molecule has 0 spiro atoms. The van der Waals surface area contributed by atoms with Gasteiger partial charge in [-0.25, -0.2) is 12.7 Å². The van der Waals surface area contributed by atoms with Crippen LogP contribution in [0.2, 0.25) is 0 Å². The fourth-order valence-electron chi connectivity index (χ4n) is 2.38. The summed E-state index contributed by atoms with van der Waals surface area (Å²) in [5.74, 6) is -0.0910. The Balaban J connectivity index is 2.09. The molecule has 0 aliphatic carbocycles. The van der Waals surface area contributed by atoms with Gasteiger partial charge in [-0.2, -0.15) is 0 Å². The topological polar surface area (TPSA) is 75.7 Å². The van der Waals surface area contributed by atoms with Crippen molar-refractivity contribution >= 4 is 15.9 Å². The lowest BCUT2D eigenvalue weighted by molar-refractivity contribution is -0.128. The molecule has 1 saturated heterocycles. The highest BCUT2D eigenvalue weighted by atomic mass is 32.2. The van der Waals surface area contributed by atoms with Crippen molar-refractivity contribution in [3.63, 3.8) is 0 Å². The molecule has 0 aromatic heterocycles. The maximum Gasteiger partial charge on any atom is 0.242 e. The van der Waals surface area contributed by atoms with Crippen molar-refractivity contribution in [2.75, 3.05) is 27.3 Å². The average Bonchev–Trinajstić information content (AvgIpc) is 2.53. The van der Waals surface area contributed by atoms with Crippen LogP contribution in [0.25, 0.3) is 0 Å². The third-order valence-corrected chi connectivity index (χ3v) is 5.69. The van der Waals surface area contributed by atoms with E-state index >= 15 is 0 Å². The molecule has 1 fully saturated rings. The van der Waals surface area contributed by atoms with E-state index in [1.54, 1.807) is 24.3 Å². The number of amides is 1. The first kappa shape index (κ1) is 16.9. The van der Waals surface area contributed by atoms with E-state index < -0.39 is 10.0 Å². The van der Waals surface area contributed by atoms with Gasteiger partial charge in [0.2, 0.25) is 15.9 Å². The first-order chi connectivity index (χ1) is 10.4. The number of hydrogen-bond acceptors (Lipinski definition) is 4. The molecule has 0 atom stereocenters. The SMILES string of the molecule is CN(C)S(=O)(=O)c1ccccc1CNC(=O)C1CCOCC1. The summed E-state index contributed by atoms with van der Waals surface area (Å²) in [7, 11) is -0.533. The molecule has 1 N–H and O–H groups in total. The van der Waals surface area contributed by atoms with Crippen LogP contribution in [0.1, 0.15) is 18.4 Å². The van der Waals surface area contributed by atoms with Crippen LogP contribution in [-0.4, -0.2) is 45.9 Å². The van der Waals surface area contributed by atoms with Crippen molar-refractivity contribution in [1.29, 1.82) is 0 Å². The summed E-state index contributed by atoms with van der Waals surface area (Å²) in [6.07, 6.45) is 1.42. The zero-order chi connectivity index (χ0) is 16.2. The molecule has 22 heavy (non-hydrogen) atoms. The molecule has 2 rings (SSSR count). The van der Waals surface area contributed by atoms with E-state index in [-0.39, 0.29) is 23.3 Å². The van der Waals surface area contributed by atoms with Gasteiger partial charge in [-0.05, 0) is 24.5 Å². The molecule has 1 heterocycles. The van der Waals surface area contributed by atoms with Crippen molar-refractivity contribution in [2.45, 2.75) is 24.3 Å². The Kier molecular flexibility index (Phi) is 5.55. The molecule has 7 heteroatoms. The van der Waals surface area contributed by atoms with Crippen molar-refractivity contribution in [3.05, 3.63) is 29.8 Å². The van der Waals surface area contributed by atoms with Crippen LogP contribution in [0.4, 0.5) is 0 Å². The van der Waals surface area contributed by atoms with Crippen LogP contribution in [-0.2, 0) is 26.1 Å². The first-order valence-corrected chi connectivity index (χ1v) is 8.73. The van der Waals surface area contributed by atoms with Gasteiger partial charge in [0.25, 0.3) is 0 Å². The number of nitrogens with one attached hydrogen (secondary N) is 1. The van der Waals surface area contributed by atoms with E-state index in [1.165, 1.54) is 18.4 Å². The number of nitrogens with zero attached hydrogens (tertiary/aromatic N) is 1. The monoisotopic (exact) mass is 326 g/mol. The second-order valence-electron chi connectivity index (χ2n) is 5.50. The smallest absolute Gasteiger partial charge is 0.242 e. The zero-order valence-electron chi connectivity index (χ0n) is 12.9. The molecule has 6 nitrogen and oxygen atoms in total. The lowest BCUT2D eigenvalue weighted by atomic mass is 9.99. The number of carbonyl (C=O) groups is 1. The van der Waals surface area contributed by atoms with Crippen LogP contribution in [0, 0.1) is 5.92 Å². The maximum absolute atomic E-state index is 12.3. The largest absolute Gasteiger partial charge is 0.381 e. The number of carbonyl (C=O) groups excluding carboxylic acids is 1. The molecule has 0 radical (unpaired) electrons. The van der Waals surface area contributed by atoms with Gasteiger partial charge in [0, 0.05) is 39.8 Å². The quantitative estimate of drug-likeness (QED) is 0.875. The molecule has 0 bridgehead atoms. The second kappa shape index (κ2) is 7.21. The molecular weight excluding hydrogens is 304 g/mol. The van der Waals surface area contributed by atoms with E-state index in [2.05, 4.69) is 5.32 Å². The fourth-order valence-corrected chi connectivity index (χ4v) is 3.50. The zero-order valence-corrected chi connectivity index (χ0v) is 13.7. The normalized spacial score (nSPS) is 16.7. The summed E-state index contributed by atoms with van der Waals surface area (Å²) >= 11 is 0. The summed E-state index contributed by atoms with van der Waals surface area (Å²) < 4.78 is 31.0. The molecular formula is C15H22N2O4S. The summed E-state index contributed by atoms with van der Waals surface area (Å²) in [6, 6.07) is 6.73. The average molecular weight is 326 g/mol. The summed E-state index contributed by atoms with van der Waals surface area (Å²) in [5.41, 5.74) is 0.594. The Bertz CT molecular complexity index is 622. The molecule has 1 aliphatic rings. The fraction of sp³-hybridized carbons (Fsp3) is 0.533. The predicted octanol–water partition coefficient (Wildman–Crippen LogP) is 0.980. The van der Waals surface area contributed by atoms with Crippen LogP contribution < -0.4 is 5.32 Å². The van der Waals surface area contributed by atoms with Crippen molar-refractivity contribution < 1.29 is 17.9 Å². The van der Waals surface area contributed by atoms with Gasteiger partial charge >= 0.3 is 0 Å². The maximum atomic E-state index is 12.3. The van der Waals surface area contributed by atoms with Crippen molar-refractivity contribution in [3.8, 4) is 0 Å². The predicted molar refractivity (Wildman–Crippen MR) is 82.7 cm³/mol. The van der Waals surface area contributed by atoms with E-state index in [9.17, 15) is 13.2 Å². The Labute approximate surface area is 131 Å². The van der Waals surface area contributed by atoms with Crippen molar-refractivity contribution in [2.24, 2.45) is 5.92 Å². The van der Waals surface area contributed by atoms with Gasteiger partial charge in [0.05, 0.1) is 4.90 Å². The Morgan fingerprint density at radius 2 is 1.91 bits per heavy atom. The Morgan fingerprint density at radius 3 is 2.55 bits per heavy atom. The number of rotatable bonds is 5. The lowest BCUT2D eigenvalue weighted by Gasteiger charge is -2.21. The standard InChI is InChI=1S/C15H22N2O4S/c1-17(2)22(19,20)14-6-4-3-5-13(14)11-16-15(18)12-7-9-21-10-8-12/h3-6,12H,7-11H2,1-2H3,(H,16,18). The van der Waals surface area contributed by atoms with Gasteiger partial charge in [-0.1, -0.05) is 18.2 Å². The minimum Gasteiger partial charge on any atom is -0.381 e. The molecule has 1 aromatic carbocycles. The Morgan fingerprint density at radius 1 is 1.27 bits per heavy atom. The molecule has 0 unspecified atom stereocenters. The highest BCUT2D eigenvalue weighted by Gasteiger charge is 2.23. The summed E-state index contributed by atoms with van der Waals surface area (Å²) in [5, 5.41) is 2.84. The molecule has 1 aromatic rings. The Hall–Kier alpha value is -1.44. The molecule has 122 valence electrons. The summed E-state index contributed by atoms with van der Waals surface area (Å²) in [6.45, 7) is 1.41. The number of hydrogen-bond donors (Lipinski definition) is 1. The van der Waals surface area contributed by atoms with Crippen LogP contribution in [0.3, 0.4) is 0 Å².